The van der Waals surface area contributed by atoms with Gasteiger partial charge >= 0.3 is 0 Å². The summed E-state index contributed by atoms with van der Waals surface area (Å²) in [5.74, 6) is 0.287. The first kappa shape index (κ1) is 16.5. The maximum atomic E-state index is 12.5. The largest absolute Gasteiger partial charge is 0.315 e. The Morgan fingerprint density at radius 1 is 1.39 bits per heavy atom. The van der Waals surface area contributed by atoms with Crippen LogP contribution in [0.4, 0.5) is 5.00 Å². The highest BCUT2D eigenvalue weighted by atomic mass is 32.2. The summed E-state index contributed by atoms with van der Waals surface area (Å²) < 4.78 is 22.4. The van der Waals surface area contributed by atoms with E-state index in [1.807, 2.05) is 0 Å². The molecule has 1 saturated carbocycles. The Kier molecular flexibility index (Phi) is 3.81. The minimum absolute atomic E-state index is 0.278. The van der Waals surface area contributed by atoms with Gasteiger partial charge in [-0.1, -0.05) is 13.8 Å². The normalized spacial score (nSPS) is 25.3. The summed E-state index contributed by atoms with van der Waals surface area (Å²) in [6, 6.07) is 2.22. The molecule has 1 heterocycles. The monoisotopic (exact) mass is 352 g/mol. The number of thiophene rings is 1. The van der Waals surface area contributed by atoms with Crippen LogP contribution >= 0.6 is 11.3 Å². The highest BCUT2D eigenvalue weighted by molar-refractivity contribution is 7.93. The van der Waals surface area contributed by atoms with Crippen molar-refractivity contribution in [3.63, 3.8) is 0 Å². The van der Waals surface area contributed by atoms with Crippen LogP contribution < -0.4 is 5.32 Å². The average molecular weight is 352 g/mol. The summed E-state index contributed by atoms with van der Waals surface area (Å²) in [5, 5.41) is 12.8. The predicted molar refractivity (Wildman–Crippen MR) is 90.4 cm³/mol. The number of hydrogen-bond donors (Lipinski definition) is 1. The summed E-state index contributed by atoms with van der Waals surface area (Å²) in [5.41, 5.74) is 1.55. The fourth-order valence-electron chi connectivity index (χ4n) is 3.35. The smallest absolute Gasteiger partial charge is 0.246 e. The lowest BCUT2D eigenvalue weighted by Crippen LogP contribution is -2.36. The zero-order valence-electron chi connectivity index (χ0n) is 13.5. The van der Waals surface area contributed by atoms with Gasteiger partial charge in [0.15, 0.2) is 14.6 Å². The summed E-state index contributed by atoms with van der Waals surface area (Å²) in [6.45, 7) is 4.29. The quantitative estimate of drug-likeness (QED) is 0.906. The Hall–Kier alpha value is -1.39. The highest BCUT2D eigenvalue weighted by Crippen LogP contribution is 2.47. The van der Waals surface area contributed by atoms with E-state index in [-0.39, 0.29) is 5.92 Å². The van der Waals surface area contributed by atoms with Gasteiger partial charge in [0.05, 0.1) is 5.56 Å². The molecule has 124 valence electrons. The number of anilines is 1. The van der Waals surface area contributed by atoms with Crippen molar-refractivity contribution in [2.24, 2.45) is 5.92 Å². The summed E-state index contributed by atoms with van der Waals surface area (Å²) >= 11 is 1.43. The number of hydrogen-bond acceptors (Lipinski definition) is 5. The molecule has 0 radical (unpaired) electrons. The first-order valence-corrected chi connectivity index (χ1v) is 10.5. The van der Waals surface area contributed by atoms with Gasteiger partial charge in [-0.2, -0.15) is 5.26 Å². The molecule has 0 aliphatic heterocycles. The summed E-state index contributed by atoms with van der Waals surface area (Å²) in [7, 11) is -3.44. The maximum absolute atomic E-state index is 12.5. The van der Waals surface area contributed by atoms with Crippen molar-refractivity contribution in [1.29, 1.82) is 5.26 Å². The van der Waals surface area contributed by atoms with Crippen molar-refractivity contribution >= 4 is 32.1 Å². The van der Waals surface area contributed by atoms with Crippen LogP contribution in [0.25, 0.3) is 0 Å². The molecule has 1 N–H and O–H groups in total. The van der Waals surface area contributed by atoms with Crippen LogP contribution in [-0.2, 0) is 21.1 Å². The minimum Gasteiger partial charge on any atom is -0.315 e. The van der Waals surface area contributed by atoms with Crippen LogP contribution in [0.5, 0.6) is 0 Å². The number of nitrogens with zero attached hydrogens (tertiary/aromatic N) is 1. The highest BCUT2D eigenvalue weighted by Gasteiger charge is 2.58. The molecule has 0 aromatic carbocycles. The Labute approximate surface area is 140 Å². The van der Waals surface area contributed by atoms with Gasteiger partial charge in [-0.15, -0.1) is 11.3 Å². The lowest BCUT2D eigenvalue weighted by atomic mass is 9.79. The number of fused-ring (bicyclic) bond motifs is 1. The fraction of sp³-hybridized carbons (Fsp3) is 0.625. The van der Waals surface area contributed by atoms with E-state index in [1.165, 1.54) is 11.3 Å². The topological polar surface area (TPSA) is 87.0 Å². The molecule has 2 unspecified atom stereocenters. The van der Waals surface area contributed by atoms with Crippen LogP contribution in [0, 0.1) is 17.2 Å². The van der Waals surface area contributed by atoms with Crippen molar-refractivity contribution in [2.45, 2.75) is 50.2 Å². The van der Waals surface area contributed by atoms with Crippen molar-refractivity contribution in [1.82, 2.24) is 0 Å². The number of carbonyl (C=O) groups excluding carboxylic acids is 1. The molecular formula is C16H20N2O3S2. The van der Waals surface area contributed by atoms with Gasteiger partial charge in [-0.05, 0) is 43.1 Å². The molecule has 1 amide bonds. The molecular weight excluding hydrogens is 332 g/mol. The second-order valence-corrected chi connectivity index (χ2v) is 10.2. The fourth-order valence-corrected chi connectivity index (χ4v) is 5.84. The van der Waals surface area contributed by atoms with Crippen LogP contribution in [0.1, 0.15) is 55.0 Å². The van der Waals surface area contributed by atoms with Crippen LogP contribution in [-0.4, -0.2) is 25.3 Å². The van der Waals surface area contributed by atoms with Gasteiger partial charge < -0.3 is 5.32 Å². The molecule has 1 aromatic rings. The Bertz CT molecular complexity index is 813. The van der Waals surface area contributed by atoms with Gasteiger partial charge in [0.2, 0.25) is 5.91 Å². The molecule has 23 heavy (non-hydrogen) atoms. The zero-order valence-corrected chi connectivity index (χ0v) is 15.1. The number of nitrogens with one attached hydrogen (secondary N) is 1. The minimum atomic E-state index is -3.44. The summed E-state index contributed by atoms with van der Waals surface area (Å²) in [4.78, 5) is 13.6. The lowest BCUT2D eigenvalue weighted by Gasteiger charge is -2.26. The third kappa shape index (κ3) is 2.48. The molecule has 0 saturated heterocycles. The Morgan fingerprint density at radius 3 is 2.57 bits per heavy atom. The number of carbonyl (C=O) groups is 1. The van der Waals surface area contributed by atoms with Crippen molar-refractivity contribution in [3.8, 4) is 6.07 Å². The molecule has 2 atom stereocenters. The second-order valence-electron chi connectivity index (χ2n) is 6.78. The van der Waals surface area contributed by atoms with Crippen molar-refractivity contribution in [2.75, 3.05) is 11.6 Å². The van der Waals surface area contributed by atoms with E-state index in [2.05, 4.69) is 25.2 Å². The molecule has 5 nitrogen and oxygen atoms in total. The van der Waals surface area contributed by atoms with E-state index in [9.17, 15) is 18.5 Å². The molecule has 7 heteroatoms. The van der Waals surface area contributed by atoms with E-state index in [1.54, 1.807) is 0 Å². The number of rotatable bonds is 3. The van der Waals surface area contributed by atoms with Crippen LogP contribution in [0.2, 0.25) is 0 Å². The first-order valence-electron chi connectivity index (χ1n) is 7.78. The van der Waals surface area contributed by atoms with E-state index in [0.717, 1.165) is 29.5 Å². The maximum Gasteiger partial charge on any atom is 0.246 e. The number of sulfone groups is 1. The Balaban J connectivity index is 1.95. The van der Waals surface area contributed by atoms with E-state index in [4.69, 9.17) is 0 Å². The summed E-state index contributed by atoms with van der Waals surface area (Å²) in [6.07, 6.45) is 3.80. The second kappa shape index (κ2) is 5.32. The lowest BCUT2D eigenvalue weighted by molar-refractivity contribution is -0.116. The van der Waals surface area contributed by atoms with Gasteiger partial charge in [0, 0.05) is 11.1 Å². The van der Waals surface area contributed by atoms with Crippen LogP contribution in [0.3, 0.4) is 0 Å². The Morgan fingerprint density at radius 2 is 2.04 bits per heavy atom. The zero-order chi connectivity index (χ0) is 17.0. The van der Waals surface area contributed by atoms with Gasteiger partial charge in [0.1, 0.15) is 11.1 Å². The van der Waals surface area contributed by atoms with Gasteiger partial charge in [-0.25, -0.2) is 8.42 Å². The van der Waals surface area contributed by atoms with Crippen molar-refractivity contribution < 1.29 is 13.2 Å². The average Bonchev–Trinajstić information content (AvgIpc) is 3.21. The molecule has 0 bridgehead atoms. The number of aryl methyl sites for hydroxylation is 1. The molecule has 1 aromatic heterocycles. The van der Waals surface area contributed by atoms with Crippen LogP contribution in [0.15, 0.2) is 0 Å². The molecule has 0 spiro atoms. The SMILES string of the molecule is CC1CCc2sc(NC(=O)C3(S(C)(=O)=O)CC3)c(C#N)c2C1C. The van der Waals surface area contributed by atoms with Gasteiger partial charge in [0.25, 0.3) is 0 Å². The third-order valence-corrected chi connectivity index (χ3v) is 8.52. The third-order valence-electron chi connectivity index (χ3n) is 5.32. The molecule has 2 aliphatic carbocycles. The predicted octanol–water partition coefficient (Wildman–Crippen LogP) is 2.82. The van der Waals surface area contributed by atoms with E-state index in [0.29, 0.717) is 29.3 Å². The molecule has 3 rings (SSSR count). The standard InChI is InChI=1S/C16H20N2O3S2/c1-9-4-5-12-13(10(9)2)11(8-17)14(22-12)18-15(19)16(6-7-16)23(3,20)21/h9-10H,4-7H2,1-3H3,(H,18,19). The van der Waals surface area contributed by atoms with E-state index < -0.39 is 20.5 Å². The van der Waals surface area contributed by atoms with E-state index >= 15 is 0 Å². The first-order chi connectivity index (χ1) is 10.7. The van der Waals surface area contributed by atoms with Crippen molar-refractivity contribution in [3.05, 3.63) is 16.0 Å². The molecule has 1 fully saturated rings. The number of amides is 1. The van der Waals surface area contributed by atoms with Gasteiger partial charge in [-0.3, -0.25) is 4.79 Å². The molecule has 2 aliphatic rings. The number of nitriles is 1.